The fraction of sp³-hybridized carbons (Fsp3) is 0.444. The van der Waals surface area contributed by atoms with Gasteiger partial charge in [0, 0.05) is 18.2 Å². The third-order valence-corrected chi connectivity index (χ3v) is 4.19. The number of H-pyrrole nitrogens is 1. The summed E-state index contributed by atoms with van der Waals surface area (Å²) in [6, 6.07) is 9.84. The van der Waals surface area contributed by atoms with Crippen LogP contribution >= 0.6 is 0 Å². The van der Waals surface area contributed by atoms with Gasteiger partial charge in [0.1, 0.15) is 6.10 Å². The maximum atomic E-state index is 12.2. The number of aromatic nitrogens is 2. The molecule has 6 nitrogen and oxygen atoms in total. The number of carbonyl (C=O) groups excluding carboxylic acids is 1. The Morgan fingerprint density at radius 1 is 1.50 bits per heavy atom. The van der Waals surface area contributed by atoms with Gasteiger partial charge in [-0.15, -0.1) is 0 Å². The quantitative estimate of drug-likeness (QED) is 0.854. The number of rotatable bonds is 6. The summed E-state index contributed by atoms with van der Waals surface area (Å²) in [6.45, 7) is 5.00. The Kier molecular flexibility index (Phi) is 5.27. The van der Waals surface area contributed by atoms with Crippen LogP contribution in [0.2, 0.25) is 0 Å². The van der Waals surface area contributed by atoms with Crippen LogP contribution in [0.3, 0.4) is 0 Å². The van der Waals surface area contributed by atoms with Gasteiger partial charge in [0.05, 0.1) is 18.4 Å². The van der Waals surface area contributed by atoms with Gasteiger partial charge in [0.2, 0.25) is 0 Å². The third-order valence-electron chi connectivity index (χ3n) is 4.19. The summed E-state index contributed by atoms with van der Waals surface area (Å²) in [6.07, 6.45) is 1.61. The summed E-state index contributed by atoms with van der Waals surface area (Å²) < 4.78 is 11.1. The van der Waals surface area contributed by atoms with E-state index in [2.05, 4.69) is 15.5 Å². The van der Waals surface area contributed by atoms with Crippen LogP contribution < -0.4 is 5.32 Å². The second kappa shape index (κ2) is 7.59. The van der Waals surface area contributed by atoms with E-state index >= 15 is 0 Å². The average Bonchev–Trinajstić information content (AvgIpc) is 3.24. The SMILES string of the molecule is Cc1ccccc1-c1cc(NC(=O)[C@@H](C)OC[C@@H]2CCCO2)n[nH]1. The van der Waals surface area contributed by atoms with E-state index in [1.807, 2.05) is 37.3 Å². The second-order valence-electron chi connectivity index (χ2n) is 6.08. The van der Waals surface area contributed by atoms with Crippen molar-refractivity contribution < 1.29 is 14.3 Å². The fourth-order valence-electron chi connectivity index (χ4n) is 2.73. The zero-order valence-corrected chi connectivity index (χ0v) is 14.0. The number of anilines is 1. The molecule has 1 aliphatic heterocycles. The molecule has 0 spiro atoms. The van der Waals surface area contributed by atoms with Gasteiger partial charge >= 0.3 is 0 Å². The maximum Gasteiger partial charge on any atom is 0.254 e. The molecule has 1 aromatic heterocycles. The van der Waals surface area contributed by atoms with Gasteiger partial charge < -0.3 is 14.8 Å². The molecule has 0 bridgehead atoms. The molecule has 0 aliphatic carbocycles. The molecule has 2 heterocycles. The van der Waals surface area contributed by atoms with Crippen LogP contribution in [0.1, 0.15) is 25.3 Å². The minimum Gasteiger partial charge on any atom is -0.376 e. The second-order valence-corrected chi connectivity index (χ2v) is 6.08. The number of amides is 1. The Labute approximate surface area is 141 Å². The number of benzene rings is 1. The van der Waals surface area contributed by atoms with E-state index in [1.54, 1.807) is 6.92 Å². The summed E-state index contributed by atoms with van der Waals surface area (Å²) in [4.78, 5) is 12.2. The number of aryl methyl sites for hydroxylation is 1. The van der Waals surface area contributed by atoms with Crippen molar-refractivity contribution in [3.05, 3.63) is 35.9 Å². The predicted octanol–water partition coefficient (Wildman–Crippen LogP) is 2.91. The maximum absolute atomic E-state index is 12.2. The molecule has 128 valence electrons. The highest BCUT2D eigenvalue weighted by molar-refractivity contribution is 5.93. The van der Waals surface area contributed by atoms with Crippen LogP contribution in [0.25, 0.3) is 11.3 Å². The van der Waals surface area contributed by atoms with Gasteiger partial charge in [-0.25, -0.2) is 0 Å². The average molecular weight is 329 g/mol. The lowest BCUT2D eigenvalue weighted by Crippen LogP contribution is -2.30. The number of hydrogen-bond donors (Lipinski definition) is 2. The molecule has 0 unspecified atom stereocenters. The van der Waals surface area contributed by atoms with Gasteiger partial charge in [0.15, 0.2) is 5.82 Å². The number of nitrogens with zero attached hydrogens (tertiary/aromatic N) is 1. The number of hydrogen-bond acceptors (Lipinski definition) is 4. The van der Waals surface area contributed by atoms with Crippen LogP contribution in [0.4, 0.5) is 5.82 Å². The highest BCUT2D eigenvalue weighted by Crippen LogP contribution is 2.23. The molecular weight excluding hydrogens is 306 g/mol. The number of carbonyl (C=O) groups is 1. The van der Waals surface area contributed by atoms with Crippen molar-refractivity contribution in [3.63, 3.8) is 0 Å². The molecule has 1 amide bonds. The molecule has 6 heteroatoms. The lowest BCUT2D eigenvalue weighted by Gasteiger charge is -2.15. The Balaban J connectivity index is 1.55. The molecular formula is C18H23N3O3. The van der Waals surface area contributed by atoms with E-state index in [0.29, 0.717) is 12.4 Å². The van der Waals surface area contributed by atoms with Crippen molar-refractivity contribution in [3.8, 4) is 11.3 Å². The first-order valence-corrected chi connectivity index (χ1v) is 8.29. The van der Waals surface area contributed by atoms with Gasteiger partial charge in [-0.2, -0.15) is 5.10 Å². The Hall–Kier alpha value is -2.18. The summed E-state index contributed by atoms with van der Waals surface area (Å²) >= 11 is 0. The van der Waals surface area contributed by atoms with Crippen molar-refractivity contribution in [1.82, 2.24) is 10.2 Å². The van der Waals surface area contributed by atoms with Crippen LogP contribution in [-0.4, -0.2) is 41.5 Å². The molecule has 3 rings (SSSR count). The van der Waals surface area contributed by atoms with Crippen LogP contribution in [0.5, 0.6) is 0 Å². The molecule has 2 atom stereocenters. The molecule has 0 radical (unpaired) electrons. The summed E-state index contributed by atoms with van der Waals surface area (Å²) in [5.74, 6) is 0.279. The molecule has 2 aromatic rings. The van der Waals surface area contributed by atoms with Gasteiger partial charge in [0.25, 0.3) is 5.91 Å². The minimum absolute atomic E-state index is 0.110. The molecule has 24 heavy (non-hydrogen) atoms. The first kappa shape index (κ1) is 16.7. The predicted molar refractivity (Wildman–Crippen MR) is 91.8 cm³/mol. The largest absolute Gasteiger partial charge is 0.376 e. The lowest BCUT2D eigenvalue weighted by atomic mass is 10.1. The minimum atomic E-state index is -0.548. The zero-order chi connectivity index (χ0) is 16.9. The van der Waals surface area contributed by atoms with E-state index in [0.717, 1.165) is 36.3 Å². The number of nitrogens with one attached hydrogen (secondary N) is 2. The van der Waals surface area contributed by atoms with Crippen molar-refractivity contribution in [1.29, 1.82) is 0 Å². The van der Waals surface area contributed by atoms with Gasteiger partial charge in [-0.1, -0.05) is 24.3 Å². The van der Waals surface area contributed by atoms with E-state index in [1.165, 1.54) is 0 Å². The van der Waals surface area contributed by atoms with Crippen LogP contribution in [-0.2, 0) is 14.3 Å². The van der Waals surface area contributed by atoms with Gasteiger partial charge in [-0.05, 0) is 32.3 Å². The number of ether oxygens (including phenoxy) is 2. The molecule has 1 saturated heterocycles. The zero-order valence-electron chi connectivity index (χ0n) is 14.0. The summed E-state index contributed by atoms with van der Waals surface area (Å²) in [5, 5.41) is 9.89. The first-order valence-electron chi connectivity index (χ1n) is 8.29. The van der Waals surface area contributed by atoms with E-state index in [-0.39, 0.29) is 12.0 Å². The molecule has 1 fully saturated rings. The van der Waals surface area contributed by atoms with Crippen LogP contribution in [0.15, 0.2) is 30.3 Å². The lowest BCUT2D eigenvalue weighted by molar-refractivity contribution is -0.128. The van der Waals surface area contributed by atoms with Crippen molar-refractivity contribution in [2.24, 2.45) is 0 Å². The Bertz CT molecular complexity index is 692. The molecule has 1 aromatic carbocycles. The summed E-state index contributed by atoms with van der Waals surface area (Å²) in [5.41, 5.74) is 3.08. The highest BCUT2D eigenvalue weighted by Gasteiger charge is 2.20. The van der Waals surface area contributed by atoms with Crippen molar-refractivity contribution >= 4 is 11.7 Å². The molecule has 1 aliphatic rings. The monoisotopic (exact) mass is 329 g/mol. The van der Waals surface area contributed by atoms with Gasteiger partial charge in [-0.3, -0.25) is 9.89 Å². The standard InChI is InChI=1S/C18H23N3O3/c1-12-6-3-4-8-15(12)16-10-17(21-20-16)19-18(22)13(2)24-11-14-7-5-9-23-14/h3-4,6,8,10,13-14H,5,7,9,11H2,1-2H3,(H2,19,20,21,22)/t13-,14+/m1/s1. The molecule has 0 saturated carbocycles. The topological polar surface area (TPSA) is 76.2 Å². The Morgan fingerprint density at radius 2 is 2.33 bits per heavy atom. The van der Waals surface area contributed by atoms with Crippen LogP contribution in [0, 0.1) is 6.92 Å². The summed E-state index contributed by atoms with van der Waals surface area (Å²) in [7, 11) is 0. The van der Waals surface area contributed by atoms with E-state index < -0.39 is 6.10 Å². The first-order chi connectivity index (χ1) is 11.6. The smallest absolute Gasteiger partial charge is 0.254 e. The van der Waals surface area contributed by atoms with E-state index in [4.69, 9.17) is 9.47 Å². The third kappa shape index (κ3) is 4.01. The van der Waals surface area contributed by atoms with Crippen molar-refractivity contribution in [2.45, 2.75) is 38.9 Å². The van der Waals surface area contributed by atoms with Crippen molar-refractivity contribution in [2.75, 3.05) is 18.5 Å². The Morgan fingerprint density at radius 3 is 3.08 bits per heavy atom. The highest BCUT2D eigenvalue weighted by atomic mass is 16.5. The normalized spacial score (nSPS) is 18.5. The van der Waals surface area contributed by atoms with E-state index in [9.17, 15) is 4.79 Å². The number of aromatic amines is 1. The fourth-order valence-corrected chi connectivity index (χ4v) is 2.73. The molecule has 2 N–H and O–H groups in total.